The molecule has 0 aliphatic rings. The molecular weight excluding hydrogens is 415 g/mol. The zero-order valence-corrected chi connectivity index (χ0v) is 15.1. The molecule has 2 amide bonds. The van der Waals surface area contributed by atoms with Gasteiger partial charge in [0.05, 0.1) is 13.0 Å². The highest BCUT2D eigenvalue weighted by Crippen LogP contribution is 2.23. The Labute approximate surface area is 166 Å². The van der Waals surface area contributed by atoms with Crippen LogP contribution in [0.1, 0.15) is 11.1 Å². The molecule has 160 valence electrons. The Morgan fingerprint density at radius 3 is 1.90 bits per heavy atom. The number of nitrogens with one attached hydrogen (secondary N) is 2. The predicted octanol–water partition coefficient (Wildman–Crippen LogP) is 1.85. The molecule has 2 rings (SSSR count). The highest BCUT2D eigenvalue weighted by Gasteiger charge is 2.27. The number of benzene rings is 2. The molecule has 0 aliphatic heterocycles. The Bertz CT molecular complexity index is 940. The second-order valence-corrected chi connectivity index (χ2v) is 6.15. The van der Waals surface area contributed by atoms with Crippen LogP contribution in [0.25, 0.3) is 0 Å². The number of carbonyl (C=O) groups excluding carboxylic acids is 2. The first kappa shape index (κ1) is 22.8. The molecule has 30 heavy (non-hydrogen) atoms. The number of hydrogen-bond donors (Lipinski definition) is 3. The minimum absolute atomic E-state index is 0.0413. The topological polar surface area (TPSA) is 95.5 Å². The van der Waals surface area contributed by atoms with Crippen molar-refractivity contribution < 1.29 is 41.4 Å². The summed E-state index contributed by atoms with van der Waals surface area (Å²) >= 11 is 0. The summed E-state index contributed by atoms with van der Waals surface area (Å²) in [6.45, 7) is -0.771. The van der Waals surface area contributed by atoms with Gasteiger partial charge in [-0.2, -0.15) is 0 Å². The summed E-state index contributed by atoms with van der Waals surface area (Å²) in [5, 5.41) is 13.3. The van der Waals surface area contributed by atoms with Crippen LogP contribution in [0.5, 0.6) is 0 Å². The van der Waals surface area contributed by atoms with Crippen molar-refractivity contribution in [3.8, 4) is 0 Å². The van der Waals surface area contributed by atoms with Gasteiger partial charge in [-0.05, 0) is 5.56 Å². The number of halogens is 5. The van der Waals surface area contributed by atoms with E-state index in [9.17, 15) is 41.4 Å². The molecule has 11 heteroatoms. The molecular formula is C19H15F5N2O4. The summed E-state index contributed by atoms with van der Waals surface area (Å²) in [6, 6.07) is 7.05. The van der Waals surface area contributed by atoms with Crippen LogP contribution in [-0.2, 0) is 27.2 Å². The lowest BCUT2D eigenvalue weighted by molar-refractivity contribution is -0.141. The summed E-state index contributed by atoms with van der Waals surface area (Å²) in [5.74, 6) is -14.5. The molecule has 0 bridgehead atoms. The first-order valence-electron chi connectivity index (χ1n) is 8.44. The highest BCUT2D eigenvalue weighted by atomic mass is 19.2. The maximum absolute atomic E-state index is 13.6. The maximum Gasteiger partial charge on any atom is 0.326 e. The molecule has 1 atom stereocenters. The molecule has 0 fully saturated rings. The molecule has 0 aliphatic carbocycles. The lowest BCUT2D eigenvalue weighted by atomic mass is 10.1. The summed E-state index contributed by atoms with van der Waals surface area (Å²) < 4.78 is 66.5. The fraction of sp³-hybridized carbons (Fsp3) is 0.211. The molecule has 2 aromatic rings. The van der Waals surface area contributed by atoms with Crippen LogP contribution >= 0.6 is 0 Å². The fourth-order valence-corrected chi connectivity index (χ4v) is 2.50. The van der Waals surface area contributed by atoms with Gasteiger partial charge in [0.1, 0.15) is 6.04 Å². The van der Waals surface area contributed by atoms with Crippen molar-refractivity contribution in [1.82, 2.24) is 10.6 Å². The van der Waals surface area contributed by atoms with Crippen LogP contribution in [0.2, 0.25) is 0 Å². The molecule has 2 aromatic carbocycles. The van der Waals surface area contributed by atoms with Gasteiger partial charge < -0.3 is 15.7 Å². The van der Waals surface area contributed by atoms with Crippen molar-refractivity contribution in [3.63, 3.8) is 0 Å². The third-order valence-corrected chi connectivity index (χ3v) is 4.00. The second-order valence-electron chi connectivity index (χ2n) is 6.15. The van der Waals surface area contributed by atoms with Crippen LogP contribution in [0.15, 0.2) is 30.3 Å². The Kier molecular flexibility index (Phi) is 7.45. The Morgan fingerprint density at radius 2 is 1.37 bits per heavy atom. The molecule has 0 heterocycles. The number of carboxylic acids is 1. The lowest BCUT2D eigenvalue weighted by Gasteiger charge is -2.15. The van der Waals surface area contributed by atoms with E-state index in [1.807, 2.05) is 5.32 Å². The summed E-state index contributed by atoms with van der Waals surface area (Å²) in [5.41, 5.74) is -0.725. The minimum Gasteiger partial charge on any atom is -0.480 e. The number of carboxylic acid groups (broad SMARTS) is 1. The van der Waals surface area contributed by atoms with E-state index in [0.717, 1.165) is 0 Å². The van der Waals surface area contributed by atoms with Crippen molar-refractivity contribution in [1.29, 1.82) is 0 Å². The summed E-state index contributed by atoms with van der Waals surface area (Å²) in [6.07, 6.45) is -1.26. The third kappa shape index (κ3) is 5.52. The maximum atomic E-state index is 13.6. The summed E-state index contributed by atoms with van der Waals surface area (Å²) in [4.78, 5) is 34.9. The van der Waals surface area contributed by atoms with Gasteiger partial charge >= 0.3 is 5.97 Å². The van der Waals surface area contributed by atoms with Crippen molar-refractivity contribution in [2.24, 2.45) is 0 Å². The quantitative estimate of drug-likeness (QED) is 0.339. The van der Waals surface area contributed by atoms with Crippen molar-refractivity contribution in [2.45, 2.75) is 18.9 Å². The van der Waals surface area contributed by atoms with Crippen molar-refractivity contribution in [2.75, 3.05) is 6.54 Å². The highest BCUT2D eigenvalue weighted by molar-refractivity contribution is 5.88. The van der Waals surface area contributed by atoms with Gasteiger partial charge in [-0.25, -0.2) is 26.7 Å². The van der Waals surface area contributed by atoms with E-state index in [0.29, 0.717) is 5.56 Å². The van der Waals surface area contributed by atoms with Crippen LogP contribution in [0, 0.1) is 29.1 Å². The normalized spacial score (nSPS) is 11.6. The van der Waals surface area contributed by atoms with E-state index >= 15 is 0 Å². The number of carbonyl (C=O) groups is 3. The van der Waals surface area contributed by atoms with E-state index in [-0.39, 0.29) is 6.42 Å². The van der Waals surface area contributed by atoms with Gasteiger partial charge in [0, 0.05) is 12.0 Å². The van der Waals surface area contributed by atoms with Gasteiger partial charge in [0.25, 0.3) is 0 Å². The van der Waals surface area contributed by atoms with Crippen molar-refractivity contribution >= 4 is 17.8 Å². The van der Waals surface area contributed by atoms with Crippen molar-refractivity contribution in [3.05, 3.63) is 70.5 Å². The molecule has 0 saturated carbocycles. The number of aliphatic carboxylic acids is 1. The Morgan fingerprint density at radius 1 is 0.833 bits per heavy atom. The first-order valence-corrected chi connectivity index (χ1v) is 8.44. The molecule has 0 aromatic heterocycles. The summed E-state index contributed by atoms with van der Waals surface area (Å²) in [7, 11) is 0. The SMILES string of the molecule is O=C(Cc1c(F)c(F)c(F)c(F)c1F)NCC(=O)N[C@@H](Cc1ccccc1)C(=O)O. The van der Waals surface area contributed by atoms with E-state index in [1.54, 1.807) is 30.3 Å². The minimum atomic E-state index is -2.35. The van der Waals surface area contributed by atoms with Gasteiger partial charge in [0.2, 0.25) is 17.6 Å². The monoisotopic (exact) mass is 430 g/mol. The molecule has 6 nitrogen and oxygen atoms in total. The van der Waals surface area contributed by atoms with E-state index in [1.165, 1.54) is 0 Å². The van der Waals surface area contributed by atoms with Crippen LogP contribution < -0.4 is 10.6 Å². The zero-order valence-electron chi connectivity index (χ0n) is 15.1. The zero-order chi connectivity index (χ0) is 22.4. The average Bonchev–Trinajstić information content (AvgIpc) is 2.72. The second kappa shape index (κ2) is 9.81. The number of rotatable bonds is 8. The van der Waals surface area contributed by atoms with Crippen LogP contribution in [0.4, 0.5) is 22.0 Å². The van der Waals surface area contributed by atoms with E-state index < -0.39 is 71.4 Å². The largest absolute Gasteiger partial charge is 0.480 e. The van der Waals surface area contributed by atoms with Crippen LogP contribution in [-0.4, -0.2) is 35.5 Å². The van der Waals surface area contributed by atoms with Gasteiger partial charge in [-0.15, -0.1) is 0 Å². The molecule has 0 saturated heterocycles. The number of amides is 2. The number of hydrogen-bond acceptors (Lipinski definition) is 3. The lowest BCUT2D eigenvalue weighted by Crippen LogP contribution is -2.46. The van der Waals surface area contributed by atoms with Gasteiger partial charge in [-0.1, -0.05) is 30.3 Å². The predicted molar refractivity (Wildman–Crippen MR) is 92.7 cm³/mol. The third-order valence-electron chi connectivity index (χ3n) is 4.00. The Balaban J connectivity index is 1.96. The fourth-order valence-electron chi connectivity index (χ4n) is 2.50. The van der Waals surface area contributed by atoms with Crippen LogP contribution in [0.3, 0.4) is 0 Å². The molecule has 0 spiro atoms. The Hall–Kier alpha value is -3.50. The molecule has 0 unspecified atom stereocenters. The van der Waals surface area contributed by atoms with E-state index in [4.69, 9.17) is 0 Å². The van der Waals surface area contributed by atoms with Gasteiger partial charge in [0.15, 0.2) is 23.3 Å². The molecule has 3 N–H and O–H groups in total. The average molecular weight is 430 g/mol. The van der Waals surface area contributed by atoms with E-state index in [2.05, 4.69) is 5.32 Å². The van der Waals surface area contributed by atoms with Gasteiger partial charge in [-0.3, -0.25) is 9.59 Å². The smallest absolute Gasteiger partial charge is 0.326 e. The standard InChI is InChI=1S/C19H15F5N2O4/c20-14-10(15(21)17(23)18(24)16(14)22)7-12(27)25-8-13(28)26-11(19(29)30)6-9-4-2-1-3-5-9/h1-5,11H,6-8H2,(H,25,27)(H,26,28)(H,29,30)/t11-/m0/s1. The first-order chi connectivity index (χ1) is 14.1. The molecule has 0 radical (unpaired) electrons.